The summed E-state index contributed by atoms with van der Waals surface area (Å²) in [6.45, 7) is 4.17. The highest BCUT2D eigenvalue weighted by atomic mass is 35.5. The molecule has 1 aliphatic rings. The van der Waals surface area contributed by atoms with Crippen LogP contribution in [-0.4, -0.2) is 41.5 Å². The highest BCUT2D eigenvalue weighted by molar-refractivity contribution is 5.94. The lowest BCUT2D eigenvalue weighted by Crippen LogP contribution is -2.52. The Bertz CT molecular complexity index is 406. The summed E-state index contributed by atoms with van der Waals surface area (Å²) < 4.78 is 12.9. The van der Waals surface area contributed by atoms with Crippen molar-refractivity contribution in [2.45, 2.75) is 13.0 Å². The molecule has 2 heterocycles. The number of pyridine rings is 1. The average Bonchev–Trinajstić information content (AvgIpc) is 2.29. The van der Waals surface area contributed by atoms with E-state index in [9.17, 15) is 9.18 Å². The van der Waals surface area contributed by atoms with Crippen LogP contribution < -0.4 is 5.32 Å². The van der Waals surface area contributed by atoms with E-state index < -0.39 is 5.82 Å². The number of hydrogen-bond donors (Lipinski definition) is 1. The number of carbonyl (C=O) groups excluding carboxylic acids is 1. The number of carbonyl (C=O) groups is 1. The molecular formula is C11H16Cl2FN3O. The van der Waals surface area contributed by atoms with E-state index >= 15 is 0 Å². The molecule has 1 fully saturated rings. The fraction of sp³-hybridized carbons (Fsp3) is 0.455. The lowest BCUT2D eigenvalue weighted by molar-refractivity contribution is 0.0655. The van der Waals surface area contributed by atoms with Gasteiger partial charge in [-0.05, 0) is 13.0 Å². The minimum Gasteiger partial charge on any atom is -0.333 e. The molecule has 1 unspecified atom stereocenters. The summed E-state index contributed by atoms with van der Waals surface area (Å²) in [4.78, 5) is 17.5. The summed E-state index contributed by atoms with van der Waals surface area (Å²) >= 11 is 0. The first-order chi connectivity index (χ1) is 7.68. The quantitative estimate of drug-likeness (QED) is 0.854. The standard InChI is InChI=1S/C11H14FN3O.2ClH/c1-8-5-13-2-3-15(8)11(16)9-4-10(12)7-14-6-9;;/h4,6-8,13H,2-3,5H2,1H3;2*1H. The van der Waals surface area contributed by atoms with E-state index in [0.29, 0.717) is 12.1 Å². The lowest BCUT2D eigenvalue weighted by Gasteiger charge is -2.33. The maximum atomic E-state index is 12.9. The number of halogens is 3. The Morgan fingerprint density at radius 3 is 2.83 bits per heavy atom. The van der Waals surface area contributed by atoms with Gasteiger partial charge in [-0.3, -0.25) is 9.78 Å². The van der Waals surface area contributed by atoms with Gasteiger partial charge in [-0.15, -0.1) is 24.8 Å². The van der Waals surface area contributed by atoms with Crippen LogP contribution in [0.3, 0.4) is 0 Å². The average molecular weight is 296 g/mol. The number of nitrogens with one attached hydrogen (secondary N) is 1. The predicted octanol–water partition coefficient (Wildman–Crippen LogP) is 1.50. The molecule has 1 amide bonds. The van der Waals surface area contributed by atoms with Gasteiger partial charge in [0.1, 0.15) is 5.82 Å². The van der Waals surface area contributed by atoms with Gasteiger partial charge < -0.3 is 10.2 Å². The van der Waals surface area contributed by atoms with Gasteiger partial charge in [-0.25, -0.2) is 4.39 Å². The molecule has 2 rings (SSSR count). The van der Waals surface area contributed by atoms with Gasteiger partial charge in [-0.1, -0.05) is 0 Å². The van der Waals surface area contributed by atoms with Crippen LogP contribution in [0.25, 0.3) is 0 Å². The molecule has 0 saturated carbocycles. The Labute approximate surface area is 118 Å². The van der Waals surface area contributed by atoms with E-state index in [4.69, 9.17) is 0 Å². The van der Waals surface area contributed by atoms with Crippen molar-refractivity contribution < 1.29 is 9.18 Å². The molecule has 0 aliphatic carbocycles. The summed E-state index contributed by atoms with van der Waals surface area (Å²) in [5.41, 5.74) is 0.314. The van der Waals surface area contributed by atoms with Crippen LogP contribution in [0.4, 0.5) is 4.39 Å². The first-order valence-electron chi connectivity index (χ1n) is 5.30. The van der Waals surface area contributed by atoms with Crippen molar-refractivity contribution in [1.29, 1.82) is 0 Å². The largest absolute Gasteiger partial charge is 0.333 e. The van der Waals surface area contributed by atoms with E-state index in [-0.39, 0.29) is 36.8 Å². The topological polar surface area (TPSA) is 45.2 Å². The zero-order chi connectivity index (χ0) is 11.5. The van der Waals surface area contributed by atoms with Crippen molar-refractivity contribution in [3.8, 4) is 0 Å². The van der Waals surface area contributed by atoms with Crippen molar-refractivity contribution in [3.05, 3.63) is 29.8 Å². The van der Waals surface area contributed by atoms with E-state index in [1.807, 2.05) is 6.92 Å². The van der Waals surface area contributed by atoms with Crippen molar-refractivity contribution >= 4 is 30.7 Å². The third-order valence-electron chi connectivity index (χ3n) is 2.71. The maximum Gasteiger partial charge on any atom is 0.255 e. The van der Waals surface area contributed by atoms with Gasteiger partial charge >= 0.3 is 0 Å². The zero-order valence-electron chi connectivity index (χ0n) is 9.93. The number of amides is 1. The molecule has 4 nitrogen and oxygen atoms in total. The number of rotatable bonds is 1. The van der Waals surface area contributed by atoms with Crippen molar-refractivity contribution in [3.63, 3.8) is 0 Å². The van der Waals surface area contributed by atoms with Gasteiger partial charge in [-0.2, -0.15) is 0 Å². The van der Waals surface area contributed by atoms with E-state index in [2.05, 4.69) is 10.3 Å². The molecule has 0 bridgehead atoms. The molecule has 1 atom stereocenters. The highest BCUT2D eigenvalue weighted by Crippen LogP contribution is 2.10. The van der Waals surface area contributed by atoms with Crippen molar-refractivity contribution in [2.24, 2.45) is 0 Å². The van der Waals surface area contributed by atoms with Crippen molar-refractivity contribution in [1.82, 2.24) is 15.2 Å². The van der Waals surface area contributed by atoms with Crippen molar-refractivity contribution in [2.75, 3.05) is 19.6 Å². The lowest BCUT2D eigenvalue weighted by atomic mass is 10.1. The first-order valence-corrected chi connectivity index (χ1v) is 5.30. The second-order valence-corrected chi connectivity index (χ2v) is 3.94. The molecule has 0 aromatic carbocycles. The molecule has 102 valence electrons. The van der Waals surface area contributed by atoms with Crippen LogP contribution in [0, 0.1) is 5.82 Å². The molecule has 18 heavy (non-hydrogen) atoms. The van der Waals surface area contributed by atoms with E-state index in [1.54, 1.807) is 4.90 Å². The molecule has 0 radical (unpaired) electrons. The third kappa shape index (κ3) is 3.80. The number of piperazine rings is 1. The minimum absolute atomic E-state index is 0. The van der Waals surface area contributed by atoms with Gasteiger partial charge in [0.15, 0.2) is 0 Å². The first kappa shape index (κ1) is 17.1. The van der Waals surface area contributed by atoms with Crippen LogP contribution in [0.1, 0.15) is 17.3 Å². The fourth-order valence-electron chi connectivity index (χ4n) is 1.84. The highest BCUT2D eigenvalue weighted by Gasteiger charge is 2.24. The number of aromatic nitrogens is 1. The van der Waals surface area contributed by atoms with E-state index in [0.717, 1.165) is 19.3 Å². The second kappa shape index (κ2) is 7.51. The van der Waals surface area contributed by atoms with Crippen LogP contribution >= 0.6 is 24.8 Å². The molecule has 1 aliphatic heterocycles. The molecule has 1 aromatic heterocycles. The normalized spacial score (nSPS) is 18.6. The summed E-state index contributed by atoms with van der Waals surface area (Å²) in [7, 11) is 0. The van der Waals surface area contributed by atoms with Gasteiger partial charge in [0, 0.05) is 31.9 Å². The van der Waals surface area contributed by atoms with E-state index in [1.165, 1.54) is 12.3 Å². The molecule has 0 spiro atoms. The van der Waals surface area contributed by atoms with Gasteiger partial charge in [0.25, 0.3) is 5.91 Å². The summed E-state index contributed by atoms with van der Waals surface area (Å²) in [5, 5.41) is 3.20. The molecule has 7 heteroatoms. The number of nitrogens with zero attached hydrogens (tertiary/aromatic N) is 2. The summed E-state index contributed by atoms with van der Waals surface area (Å²) in [6, 6.07) is 1.36. The Morgan fingerprint density at radius 2 is 2.22 bits per heavy atom. The SMILES string of the molecule is CC1CNCCN1C(=O)c1cncc(F)c1.Cl.Cl. The Hall–Kier alpha value is -0.910. The predicted molar refractivity (Wildman–Crippen MR) is 72.1 cm³/mol. The number of hydrogen-bond acceptors (Lipinski definition) is 3. The van der Waals surface area contributed by atoms with Gasteiger partial charge in [0.05, 0.1) is 11.8 Å². The molecular weight excluding hydrogens is 280 g/mol. The van der Waals surface area contributed by atoms with Crippen LogP contribution in [-0.2, 0) is 0 Å². The monoisotopic (exact) mass is 295 g/mol. The maximum absolute atomic E-state index is 12.9. The van der Waals surface area contributed by atoms with Crippen LogP contribution in [0.5, 0.6) is 0 Å². The second-order valence-electron chi connectivity index (χ2n) is 3.94. The van der Waals surface area contributed by atoms with Crippen LogP contribution in [0.2, 0.25) is 0 Å². The van der Waals surface area contributed by atoms with Gasteiger partial charge in [0.2, 0.25) is 0 Å². The minimum atomic E-state index is -0.478. The fourth-order valence-corrected chi connectivity index (χ4v) is 1.84. The smallest absolute Gasteiger partial charge is 0.255 e. The van der Waals surface area contributed by atoms with Crippen LogP contribution in [0.15, 0.2) is 18.5 Å². The molecule has 1 N–H and O–H groups in total. The third-order valence-corrected chi connectivity index (χ3v) is 2.71. The summed E-state index contributed by atoms with van der Waals surface area (Å²) in [6.07, 6.45) is 2.50. The molecule has 1 aromatic rings. The zero-order valence-corrected chi connectivity index (χ0v) is 11.6. The summed E-state index contributed by atoms with van der Waals surface area (Å²) in [5.74, 6) is -0.630. The Morgan fingerprint density at radius 1 is 1.50 bits per heavy atom. The molecule has 1 saturated heterocycles. The Balaban J connectivity index is 0.00000144. The Kier molecular flexibility index (Phi) is 7.13.